The highest BCUT2D eigenvalue weighted by Gasteiger charge is 2.26. The molecule has 0 unspecified atom stereocenters. The van der Waals surface area contributed by atoms with E-state index in [9.17, 15) is 0 Å². The number of methoxy groups -OCH3 is 1. The van der Waals surface area contributed by atoms with Crippen LogP contribution in [0.4, 0.5) is 0 Å². The van der Waals surface area contributed by atoms with Gasteiger partial charge in [0, 0.05) is 22.8 Å². The van der Waals surface area contributed by atoms with Crippen molar-refractivity contribution in [1.82, 2.24) is 10.4 Å². The van der Waals surface area contributed by atoms with Crippen molar-refractivity contribution in [3.05, 3.63) is 33.8 Å². The second-order valence-electron chi connectivity index (χ2n) is 3.05. The fourth-order valence-corrected chi connectivity index (χ4v) is 1.97. The maximum absolute atomic E-state index is 8.53. The number of allylic oxidation sites excluding steroid dienone is 2. The number of rotatable bonds is 2. The van der Waals surface area contributed by atoms with E-state index in [0.29, 0.717) is 6.54 Å². The lowest BCUT2D eigenvalue weighted by Gasteiger charge is -2.23. The minimum absolute atomic E-state index is 0.608. The Morgan fingerprint density at radius 1 is 1.73 bits per heavy atom. The molecule has 2 aliphatic rings. The molecule has 0 saturated carbocycles. The summed E-state index contributed by atoms with van der Waals surface area (Å²) in [6.07, 6.45) is 5.16. The molecule has 0 bridgehead atoms. The van der Waals surface area contributed by atoms with Crippen molar-refractivity contribution < 1.29 is 9.94 Å². The van der Waals surface area contributed by atoms with Gasteiger partial charge in [-0.05, 0) is 22.0 Å². The number of ether oxygens (including phenoxy) is 1. The van der Waals surface area contributed by atoms with Crippen LogP contribution in [0.25, 0.3) is 0 Å². The summed E-state index contributed by atoms with van der Waals surface area (Å²) in [6, 6.07) is 0. The van der Waals surface area contributed by atoms with Gasteiger partial charge < -0.3 is 9.94 Å². The molecule has 0 spiro atoms. The Bertz CT molecular complexity index is 398. The Morgan fingerprint density at radius 3 is 3.20 bits per heavy atom. The van der Waals surface area contributed by atoms with E-state index in [4.69, 9.17) is 9.94 Å². The van der Waals surface area contributed by atoms with Crippen LogP contribution >= 0.6 is 15.9 Å². The van der Waals surface area contributed by atoms with Gasteiger partial charge in [-0.2, -0.15) is 0 Å². The molecule has 0 aromatic rings. The lowest BCUT2D eigenvalue weighted by atomic mass is 10.2. The Morgan fingerprint density at radius 2 is 2.53 bits per heavy atom. The highest BCUT2D eigenvalue weighted by atomic mass is 79.9. The molecule has 0 aromatic heterocycles. The number of hydrogen-bond acceptors (Lipinski definition) is 5. The number of hydrogen-bond donors (Lipinski definition) is 2. The van der Waals surface area contributed by atoms with E-state index in [0.717, 1.165) is 21.5 Å². The van der Waals surface area contributed by atoms with E-state index in [-0.39, 0.29) is 0 Å². The molecular weight excluding hydrogens is 262 g/mol. The molecule has 0 radical (unpaired) electrons. The zero-order valence-electron chi connectivity index (χ0n) is 8.07. The molecule has 80 valence electrons. The van der Waals surface area contributed by atoms with Gasteiger partial charge in [0.15, 0.2) is 0 Å². The zero-order chi connectivity index (χ0) is 10.8. The van der Waals surface area contributed by atoms with Crippen molar-refractivity contribution in [2.45, 2.75) is 0 Å². The normalized spacial score (nSPS) is 20.5. The van der Waals surface area contributed by atoms with Gasteiger partial charge in [0.2, 0.25) is 0 Å². The predicted molar refractivity (Wildman–Crippen MR) is 59.2 cm³/mol. The van der Waals surface area contributed by atoms with Crippen molar-refractivity contribution in [1.29, 1.82) is 0 Å². The third-order valence-electron chi connectivity index (χ3n) is 2.17. The SMILES string of the molecule is COC1=CC(Br)=CN2NCC(/C=N\O)=C12. The molecule has 2 rings (SSSR count). The summed E-state index contributed by atoms with van der Waals surface area (Å²) >= 11 is 3.38. The van der Waals surface area contributed by atoms with E-state index >= 15 is 0 Å². The minimum atomic E-state index is 0.608. The number of oxime groups is 1. The van der Waals surface area contributed by atoms with Gasteiger partial charge in [-0.25, -0.2) is 5.43 Å². The summed E-state index contributed by atoms with van der Waals surface area (Å²) in [5.41, 5.74) is 4.87. The van der Waals surface area contributed by atoms with Gasteiger partial charge in [-0.15, -0.1) is 0 Å². The monoisotopic (exact) mass is 271 g/mol. The van der Waals surface area contributed by atoms with Gasteiger partial charge in [0.25, 0.3) is 0 Å². The highest BCUT2D eigenvalue weighted by molar-refractivity contribution is 9.11. The number of hydrazine groups is 1. The second-order valence-corrected chi connectivity index (χ2v) is 3.97. The molecule has 6 heteroatoms. The number of nitrogens with zero attached hydrogens (tertiary/aromatic N) is 2. The average molecular weight is 272 g/mol. The molecule has 5 nitrogen and oxygen atoms in total. The fraction of sp³-hybridized carbons (Fsp3) is 0.222. The molecule has 0 atom stereocenters. The van der Waals surface area contributed by atoms with Crippen LogP contribution in [0.15, 0.2) is 38.9 Å². The number of fused-ring (bicyclic) bond motifs is 1. The lowest BCUT2D eigenvalue weighted by molar-refractivity contribution is 0.264. The third-order valence-corrected chi connectivity index (χ3v) is 2.61. The van der Waals surface area contributed by atoms with Crippen LogP contribution in [0, 0.1) is 0 Å². The van der Waals surface area contributed by atoms with Crippen LogP contribution in [0.3, 0.4) is 0 Å². The molecule has 0 aliphatic carbocycles. The van der Waals surface area contributed by atoms with Gasteiger partial charge in [-0.3, -0.25) is 5.01 Å². The standard InChI is InChI=1S/C9H10BrN3O2/c1-15-8-2-7(10)5-13-9(8)6(3-11-13)4-12-14/h2,4-5,11,14H,3H2,1H3/b12-4-. The largest absolute Gasteiger partial charge is 0.494 e. The number of halogens is 1. The fourth-order valence-electron chi connectivity index (χ4n) is 1.56. The Balaban J connectivity index is 2.44. The van der Waals surface area contributed by atoms with Gasteiger partial charge in [0.1, 0.15) is 11.5 Å². The Labute approximate surface area is 95.5 Å². The molecule has 0 fully saturated rings. The lowest BCUT2D eigenvalue weighted by Crippen LogP contribution is -2.29. The van der Waals surface area contributed by atoms with E-state index in [1.807, 2.05) is 17.3 Å². The van der Waals surface area contributed by atoms with Crippen molar-refractivity contribution in [3.8, 4) is 0 Å². The molecule has 2 N–H and O–H groups in total. The van der Waals surface area contributed by atoms with E-state index < -0.39 is 0 Å². The van der Waals surface area contributed by atoms with Crippen LogP contribution in [0.5, 0.6) is 0 Å². The molecular formula is C9H10BrN3O2. The number of nitrogens with one attached hydrogen (secondary N) is 1. The molecule has 0 amide bonds. The second kappa shape index (κ2) is 4.08. The van der Waals surface area contributed by atoms with Crippen LogP contribution in [0.2, 0.25) is 0 Å². The Kier molecular flexibility index (Phi) is 2.79. The van der Waals surface area contributed by atoms with E-state index in [1.54, 1.807) is 7.11 Å². The quantitative estimate of drug-likeness (QED) is 0.452. The summed E-state index contributed by atoms with van der Waals surface area (Å²) in [5, 5.41) is 13.4. The van der Waals surface area contributed by atoms with Gasteiger partial charge in [0.05, 0.1) is 13.3 Å². The van der Waals surface area contributed by atoms with Gasteiger partial charge >= 0.3 is 0 Å². The summed E-state index contributed by atoms with van der Waals surface area (Å²) < 4.78 is 6.17. The van der Waals surface area contributed by atoms with Gasteiger partial charge in [-0.1, -0.05) is 5.16 Å². The van der Waals surface area contributed by atoms with Crippen LogP contribution in [-0.2, 0) is 4.74 Å². The highest BCUT2D eigenvalue weighted by Crippen LogP contribution is 2.30. The third kappa shape index (κ3) is 1.78. The predicted octanol–water partition coefficient (Wildman–Crippen LogP) is 1.30. The van der Waals surface area contributed by atoms with Crippen LogP contribution in [-0.4, -0.2) is 30.1 Å². The molecule has 2 aliphatic heterocycles. The first-order valence-corrected chi connectivity index (χ1v) is 5.12. The minimum Gasteiger partial charge on any atom is -0.494 e. The first-order chi connectivity index (χ1) is 7.26. The first kappa shape index (κ1) is 10.3. The molecule has 2 heterocycles. The van der Waals surface area contributed by atoms with E-state index in [1.165, 1.54) is 6.21 Å². The zero-order valence-corrected chi connectivity index (χ0v) is 9.65. The first-order valence-electron chi connectivity index (χ1n) is 4.33. The molecule has 15 heavy (non-hydrogen) atoms. The summed E-state index contributed by atoms with van der Waals surface area (Å²) in [4.78, 5) is 0. The summed E-state index contributed by atoms with van der Waals surface area (Å²) in [7, 11) is 1.61. The molecule has 0 saturated heterocycles. The van der Waals surface area contributed by atoms with Crippen LogP contribution in [0.1, 0.15) is 0 Å². The topological polar surface area (TPSA) is 57.1 Å². The van der Waals surface area contributed by atoms with Crippen LogP contribution < -0.4 is 5.43 Å². The summed E-state index contributed by atoms with van der Waals surface area (Å²) in [5.74, 6) is 0.726. The van der Waals surface area contributed by atoms with Crippen molar-refractivity contribution in [2.75, 3.05) is 13.7 Å². The van der Waals surface area contributed by atoms with E-state index in [2.05, 4.69) is 26.5 Å². The average Bonchev–Trinajstić information content (AvgIpc) is 2.61. The smallest absolute Gasteiger partial charge is 0.145 e. The Hall–Kier alpha value is -1.27. The van der Waals surface area contributed by atoms with Crippen molar-refractivity contribution >= 4 is 22.1 Å². The van der Waals surface area contributed by atoms with Crippen molar-refractivity contribution in [3.63, 3.8) is 0 Å². The van der Waals surface area contributed by atoms with Crippen molar-refractivity contribution in [2.24, 2.45) is 5.16 Å². The molecule has 0 aromatic carbocycles. The maximum atomic E-state index is 8.53. The summed E-state index contributed by atoms with van der Waals surface area (Å²) in [6.45, 7) is 0.608. The maximum Gasteiger partial charge on any atom is 0.145 e.